The molecule has 52 heavy (non-hydrogen) atoms. The van der Waals surface area contributed by atoms with Crippen molar-refractivity contribution in [2.45, 2.75) is 166 Å². The molecule has 0 saturated heterocycles. The Balaban J connectivity index is -0.000000150. The van der Waals surface area contributed by atoms with Gasteiger partial charge in [-0.2, -0.15) is 0 Å². The first kappa shape index (κ1) is 61.1. The third-order valence-electron chi connectivity index (χ3n) is 7.43. The van der Waals surface area contributed by atoms with Crippen LogP contribution in [-0.2, 0) is 28.7 Å². The maximum absolute atomic E-state index is 11.6. The lowest BCUT2D eigenvalue weighted by Gasteiger charge is -2.32. The zero-order valence-corrected chi connectivity index (χ0v) is 36.6. The minimum Gasteiger partial charge on any atom is -0.381 e. The van der Waals surface area contributed by atoms with Gasteiger partial charge in [0, 0.05) is 65.6 Å². The first-order valence-electron chi connectivity index (χ1n) is 19.2. The SMILES string of the molecule is C#C.C#CN(C)C(=O)CCC=O.C=CCCC(C)(C)OC.CC.CC(=O)CCCC(=O)NCCCOCC(CC(C)C)C(C)(C)C.CCCC(C)C. The summed E-state index contributed by atoms with van der Waals surface area (Å²) in [4.78, 5) is 44.0. The van der Waals surface area contributed by atoms with Crippen molar-refractivity contribution in [2.24, 2.45) is 23.2 Å². The first-order chi connectivity index (χ1) is 24.2. The van der Waals surface area contributed by atoms with Gasteiger partial charge in [-0.05, 0) is 76.0 Å². The van der Waals surface area contributed by atoms with E-state index in [1.54, 1.807) is 14.0 Å². The van der Waals surface area contributed by atoms with Crippen LogP contribution in [0.5, 0.6) is 0 Å². The van der Waals surface area contributed by atoms with E-state index in [-0.39, 0.29) is 41.5 Å². The van der Waals surface area contributed by atoms with E-state index in [2.05, 4.69) is 100 Å². The second-order valence-corrected chi connectivity index (χ2v) is 14.8. The topological polar surface area (TPSA) is 102 Å². The van der Waals surface area contributed by atoms with Crippen molar-refractivity contribution in [1.29, 1.82) is 0 Å². The van der Waals surface area contributed by atoms with Crippen LogP contribution in [0.15, 0.2) is 12.7 Å². The van der Waals surface area contributed by atoms with Crippen LogP contribution < -0.4 is 5.32 Å². The Hall–Kier alpha value is -2.94. The quantitative estimate of drug-likeness (QED) is 0.0414. The van der Waals surface area contributed by atoms with Crippen LogP contribution in [0.3, 0.4) is 0 Å². The van der Waals surface area contributed by atoms with Crippen LogP contribution in [0.4, 0.5) is 0 Å². The normalized spacial score (nSPS) is 10.7. The average Bonchev–Trinajstić information content (AvgIpc) is 3.08. The number of aldehydes is 1. The summed E-state index contributed by atoms with van der Waals surface area (Å²) in [6, 6.07) is 2.14. The maximum Gasteiger partial charge on any atom is 0.234 e. The number of methoxy groups -OCH3 is 1. The number of hydrogen-bond acceptors (Lipinski definition) is 6. The second kappa shape index (κ2) is 42.5. The van der Waals surface area contributed by atoms with Gasteiger partial charge in [0.25, 0.3) is 0 Å². The molecule has 0 aromatic rings. The number of carbonyl (C=O) groups is 4. The van der Waals surface area contributed by atoms with E-state index in [0.29, 0.717) is 50.5 Å². The average molecular weight is 737 g/mol. The molecular formula is C44H84N2O6. The van der Waals surface area contributed by atoms with Crippen LogP contribution in [0, 0.1) is 48.5 Å². The van der Waals surface area contributed by atoms with Gasteiger partial charge in [0.15, 0.2) is 0 Å². The molecule has 0 radical (unpaired) electrons. The fourth-order valence-electron chi connectivity index (χ4n) is 4.01. The van der Waals surface area contributed by atoms with Crippen LogP contribution in [0.2, 0.25) is 0 Å². The number of Topliss-reactive ketones (excluding diaryl/α,β-unsaturated/α-hetero) is 1. The van der Waals surface area contributed by atoms with E-state index in [9.17, 15) is 19.2 Å². The smallest absolute Gasteiger partial charge is 0.234 e. The molecule has 0 rings (SSSR count). The molecule has 306 valence electrons. The predicted octanol–water partition coefficient (Wildman–Crippen LogP) is 10.1. The van der Waals surface area contributed by atoms with Crippen LogP contribution in [-0.4, -0.2) is 68.3 Å². The Bertz CT molecular complexity index is 910. The molecule has 0 aromatic carbocycles. The monoisotopic (exact) mass is 737 g/mol. The summed E-state index contributed by atoms with van der Waals surface area (Å²) in [5.41, 5.74) is 0.281. The summed E-state index contributed by atoms with van der Waals surface area (Å²) >= 11 is 0. The molecule has 1 unspecified atom stereocenters. The number of rotatable bonds is 21. The van der Waals surface area contributed by atoms with Gasteiger partial charge in [0.2, 0.25) is 11.8 Å². The van der Waals surface area contributed by atoms with Gasteiger partial charge in [-0.15, -0.1) is 19.4 Å². The van der Waals surface area contributed by atoms with Gasteiger partial charge < -0.3 is 24.4 Å². The molecule has 0 aliphatic carbocycles. The number of nitrogens with zero attached hydrogens (tertiary/aromatic N) is 1. The molecule has 0 aliphatic heterocycles. The highest BCUT2D eigenvalue weighted by Crippen LogP contribution is 2.31. The van der Waals surface area contributed by atoms with Crippen LogP contribution in [0.1, 0.15) is 161 Å². The van der Waals surface area contributed by atoms with Crippen molar-refractivity contribution >= 4 is 23.9 Å². The number of ketones is 1. The van der Waals surface area contributed by atoms with E-state index in [1.165, 1.54) is 26.3 Å². The molecule has 0 aromatic heterocycles. The Morgan fingerprint density at radius 3 is 1.87 bits per heavy atom. The molecule has 0 fully saturated rings. The molecule has 8 nitrogen and oxygen atoms in total. The van der Waals surface area contributed by atoms with E-state index < -0.39 is 0 Å². The fraction of sp³-hybridized carbons (Fsp3) is 0.773. The van der Waals surface area contributed by atoms with E-state index in [1.807, 2.05) is 19.9 Å². The number of allylic oxidation sites excluding steroid dienone is 1. The maximum atomic E-state index is 11.6. The minimum absolute atomic E-state index is 0.0220. The Labute approximate surface area is 323 Å². The van der Waals surface area contributed by atoms with Crippen molar-refractivity contribution in [3.8, 4) is 25.3 Å². The van der Waals surface area contributed by atoms with Gasteiger partial charge >= 0.3 is 0 Å². The van der Waals surface area contributed by atoms with Gasteiger partial charge in [-0.1, -0.05) is 94.6 Å². The number of terminal acetylenes is 2. The van der Waals surface area contributed by atoms with Gasteiger partial charge in [0.05, 0.1) is 5.60 Å². The number of nitrogens with one attached hydrogen (secondary N) is 1. The van der Waals surface area contributed by atoms with Crippen LogP contribution in [0.25, 0.3) is 0 Å². The molecule has 0 heterocycles. The van der Waals surface area contributed by atoms with Crippen molar-refractivity contribution < 1.29 is 28.7 Å². The van der Waals surface area contributed by atoms with E-state index in [4.69, 9.17) is 15.9 Å². The van der Waals surface area contributed by atoms with E-state index in [0.717, 1.165) is 36.7 Å². The molecule has 1 N–H and O–H groups in total. The zero-order valence-electron chi connectivity index (χ0n) is 36.6. The summed E-state index contributed by atoms with van der Waals surface area (Å²) in [6.45, 7) is 33.5. The van der Waals surface area contributed by atoms with Crippen molar-refractivity contribution in [1.82, 2.24) is 10.2 Å². The predicted molar refractivity (Wildman–Crippen MR) is 224 cm³/mol. The lowest BCUT2D eigenvalue weighted by molar-refractivity contribution is -0.128. The standard InChI is InChI=1S/C19H37NO3.C8H16O.C7H9NO2.C6H14.C2H6.C2H2/c1-15(2)13-17(19(4,5)6)14-23-12-8-11-20-18(22)10-7-9-16(3)21;1-5-6-7-8(2,3)9-4;1-3-8(2)7(10)5-4-6-9;1-4-5-6(2)3;2*1-2/h15,17H,7-14H2,1-6H3,(H,20,22);5H,1,6-7H2,2-4H3;1,6H,4-5H2,2H3;6H,4-5H2,1-3H3;1-2H3;1-2H. The molecule has 1 atom stereocenters. The van der Waals surface area contributed by atoms with Crippen molar-refractivity contribution in [3.63, 3.8) is 0 Å². The highest BCUT2D eigenvalue weighted by molar-refractivity contribution is 5.79. The summed E-state index contributed by atoms with van der Waals surface area (Å²) in [7, 11) is 3.23. The molecule has 0 aliphatic rings. The highest BCUT2D eigenvalue weighted by atomic mass is 16.5. The third-order valence-corrected chi connectivity index (χ3v) is 7.43. The number of carbonyl (C=O) groups excluding carboxylic acids is 4. The summed E-state index contributed by atoms with van der Waals surface area (Å²) in [6.07, 6.45) is 24.3. The Morgan fingerprint density at radius 2 is 1.50 bits per heavy atom. The Kier molecular flexibility index (Phi) is 49.9. The van der Waals surface area contributed by atoms with Crippen molar-refractivity contribution in [2.75, 3.05) is 33.9 Å². The molecule has 0 saturated carbocycles. The molecule has 0 bridgehead atoms. The second-order valence-electron chi connectivity index (χ2n) is 14.8. The first-order valence-corrected chi connectivity index (χ1v) is 19.2. The summed E-state index contributed by atoms with van der Waals surface area (Å²) in [5, 5.41) is 2.88. The zero-order chi connectivity index (χ0) is 42.2. The number of amides is 2. The fourth-order valence-corrected chi connectivity index (χ4v) is 4.01. The van der Waals surface area contributed by atoms with Gasteiger partial charge in [-0.25, -0.2) is 0 Å². The highest BCUT2D eigenvalue weighted by Gasteiger charge is 2.25. The lowest BCUT2D eigenvalue weighted by atomic mass is 9.77. The third kappa shape index (κ3) is 53.8. The molecule has 0 spiro atoms. The molecule has 8 heteroatoms. The van der Waals surface area contributed by atoms with Crippen molar-refractivity contribution in [3.05, 3.63) is 12.7 Å². The molecule has 2 amide bonds. The summed E-state index contributed by atoms with van der Waals surface area (Å²) < 4.78 is 11.0. The Morgan fingerprint density at radius 1 is 0.942 bits per heavy atom. The number of hydrogen-bond donors (Lipinski definition) is 1. The van der Waals surface area contributed by atoms with Crippen LogP contribution >= 0.6 is 0 Å². The summed E-state index contributed by atoms with van der Waals surface area (Å²) in [5.74, 6) is 2.10. The van der Waals surface area contributed by atoms with E-state index >= 15 is 0 Å². The molecular weight excluding hydrogens is 652 g/mol. The minimum atomic E-state index is -0.199. The largest absolute Gasteiger partial charge is 0.381 e. The number of ether oxygens (including phenoxy) is 2. The lowest BCUT2D eigenvalue weighted by Crippen LogP contribution is -2.28. The van der Waals surface area contributed by atoms with Gasteiger partial charge in [-0.3, -0.25) is 14.5 Å². The van der Waals surface area contributed by atoms with Gasteiger partial charge in [0.1, 0.15) is 12.1 Å².